The third-order valence-corrected chi connectivity index (χ3v) is 6.48. The average molecular weight is 483 g/mol. The van der Waals surface area contributed by atoms with Crippen LogP contribution in [-0.4, -0.2) is 24.7 Å². The Morgan fingerprint density at radius 1 is 1.10 bits per heavy atom. The summed E-state index contributed by atoms with van der Waals surface area (Å²) in [5.41, 5.74) is 3.00. The molecule has 0 unspecified atom stereocenters. The number of rotatable bonds is 5. The maximum Gasteiger partial charge on any atom is 0.255 e. The second-order valence-corrected chi connectivity index (χ2v) is 8.70. The zero-order valence-corrected chi connectivity index (χ0v) is 18.6. The van der Waals surface area contributed by atoms with Crippen LogP contribution < -0.4 is 15.0 Å². The summed E-state index contributed by atoms with van der Waals surface area (Å²) in [6, 6.07) is 22.3. The van der Waals surface area contributed by atoms with Crippen molar-refractivity contribution in [2.75, 3.05) is 23.1 Å². The van der Waals surface area contributed by atoms with Gasteiger partial charge in [0.1, 0.15) is 11.1 Å². The van der Waals surface area contributed by atoms with Crippen LogP contribution in [0.15, 0.2) is 77.3 Å². The van der Waals surface area contributed by atoms with Crippen LogP contribution in [0.4, 0.5) is 11.4 Å². The fourth-order valence-corrected chi connectivity index (χ4v) is 4.72. The van der Waals surface area contributed by atoms with E-state index in [2.05, 4.69) is 21.2 Å². The van der Waals surface area contributed by atoms with Gasteiger partial charge in [-0.3, -0.25) is 14.5 Å². The number of halogens is 1. The Morgan fingerprint density at radius 3 is 2.63 bits per heavy atom. The Morgan fingerprint density at radius 2 is 1.87 bits per heavy atom. The summed E-state index contributed by atoms with van der Waals surface area (Å²) in [5.74, 6) is 0.964. The minimum Gasteiger partial charge on any atom is -0.497 e. The number of hydrogen-bond donors (Lipinski definition) is 1. The van der Waals surface area contributed by atoms with Gasteiger partial charge in [0.2, 0.25) is 5.91 Å². The Labute approximate surface area is 187 Å². The third kappa shape index (κ3) is 4.37. The SMILES string of the molecule is COc1cccc(N2C(=O)CS[C@H]2c2cccc(NC(=O)c3ccc(Br)cc3)c2)c1. The summed E-state index contributed by atoms with van der Waals surface area (Å²) in [4.78, 5) is 27.0. The van der Waals surface area contributed by atoms with Gasteiger partial charge in [0, 0.05) is 27.5 Å². The minimum atomic E-state index is -0.181. The van der Waals surface area contributed by atoms with Crippen LogP contribution in [0.25, 0.3) is 0 Å². The molecule has 0 spiro atoms. The smallest absolute Gasteiger partial charge is 0.255 e. The van der Waals surface area contributed by atoms with E-state index >= 15 is 0 Å². The highest BCUT2D eigenvalue weighted by Crippen LogP contribution is 2.42. The number of benzene rings is 3. The van der Waals surface area contributed by atoms with E-state index in [1.165, 1.54) is 0 Å². The number of nitrogens with one attached hydrogen (secondary N) is 1. The summed E-state index contributed by atoms with van der Waals surface area (Å²) in [6.07, 6.45) is 0. The number of carbonyl (C=O) groups is 2. The lowest BCUT2D eigenvalue weighted by Crippen LogP contribution is -2.27. The van der Waals surface area contributed by atoms with Crippen molar-refractivity contribution in [1.29, 1.82) is 0 Å². The molecular formula is C23H19BrN2O3S. The highest BCUT2D eigenvalue weighted by molar-refractivity contribution is 9.10. The van der Waals surface area contributed by atoms with E-state index in [4.69, 9.17) is 4.74 Å². The van der Waals surface area contributed by atoms with Crippen molar-refractivity contribution in [2.45, 2.75) is 5.37 Å². The van der Waals surface area contributed by atoms with Crippen LogP contribution in [0.3, 0.4) is 0 Å². The van der Waals surface area contributed by atoms with Gasteiger partial charge in [0.15, 0.2) is 0 Å². The van der Waals surface area contributed by atoms with E-state index in [9.17, 15) is 9.59 Å². The highest BCUT2D eigenvalue weighted by Gasteiger charge is 2.34. The van der Waals surface area contributed by atoms with Gasteiger partial charge < -0.3 is 10.1 Å². The molecule has 7 heteroatoms. The first-order valence-electron chi connectivity index (χ1n) is 9.30. The lowest BCUT2D eigenvalue weighted by molar-refractivity contribution is -0.115. The Kier molecular flexibility index (Phi) is 6.11. The quantitative estimate of drug-likeness (QED) is 0.522. The first-order valence-corrected chi connectivity index (χ1v) is 11.1. The molecule has 1 atom stereocenters. The van der Waals surface area contributed by atoms with E-state index in [0.717, 1.165) is 15.7 Å². The van der Waals surface area contributed by atoms with E-state index in [1.54, 1.807) is 35.9 Å². The van der Waals surface area contributed by atoms with Crippen molar-refractivity contribution in [1.82, 2.24) is 0 Å². The fraction of sp³-hybridized carbons (Fsp3) is 0.130. The number of hydrogen-bond acceptors (Lipinski definition) is 4. The van der Waals surface area contributed by atoms with Crippen LogP contribution in [-0.2, 0) is 4.79 Å². The summed E-state index contributed by atoms with van der Waals surface area (Å²) >= 11 is 4.94. The molecule has 1 aliphatic rings. The van der Waals surface area contributed by atoms with Crippen molar-refractivity contribution in [2.24, 2.45) is 0 Å². The predicted molar refractivity (Wildman–Crippen MR) is 124 cm³/mol. The number of ether oxygens (including phenoxy) is 1. The number of amides is 2. The molecule has 0 bridgehead atoms. The molecule has 152 valence electrons. The molecule has 5 nitrogen and oxygen atoms in total. The number of nitrogens with zero attached hydrogens (tertiary/aromatic N) is 1. The number of methoxy groups -OCH3 is 1. The molecule has 1 saturated heterocycles. The minimum absolute atomic E-state index is 0.0440. The molecule has 1 aliphatic heterocycles. The Bertz CT molecular complexity index is 1090. The summed E-state index contributed by atoms with van der Waals surface area (Å²) in [6.45, 7) is 0. The molecule has 1 heterocycles. The summed E-state index contributed by atoms with van der Waals surface area (Å²) in [7, 11) is 1.61. The fourth-order valence-electron chi connectivity index (χ4n) is 3.28. The molecule has 2 amide bonds. The average Bonchev–Trinajstić information content (AvgIpc) is 3.16. The topological polar surface area (TPSA) is 58.6 Å². The maximum absolute atomic E-state index is 12.6. The van der Waals surface area contributed by atoms with Gasteiger partial charge in [-0.2, -0.15) is 0 Å². The van der Waals surface area contributed by atoms with Gasteiger partial charge in [-0.15, -0.1) is 11.8 Å². The lowest BCUT2D eigenvalue weighted by atomic mass is 10.1. The van der Waals surface area contributed by atoms with Crippen LogP contribution in [0.5, 0.6) is 5.75 Å². The van der Waals surface area contributed by atoms with E-state index in [0.29, 0.717) is 22.8 Å². The normalized spacial score (nSPS) is 15.9. The zero-order chi connectivity index (χ0) is 21.1. The summed E-state index contributed by atoms with van der Waals surface area (Å²) < 4.78 is 6.23. The molecule has 0 aliphatic carbocycles. The second kappa shape index (κ2) is 8.93. The largest absolute Gasteiger partial charge is 0.497 e. The lowest BCUT2D eigenvalue weighted by Gasteiger charge is -2.25. The van der Waals surface area contributed by atoms with Crippen molar-refractivity contribution in [3.8, 4) is 5.75 Å². The van der Waals surface area contributed by atoms with Crippen molar-refractivity contribution >= 4 is 50.9 Å². The molecule has 4 rings (SSSR count). The molecule has 1 N–H and O–H groups in total. The maximum atomic E-state index is 12.6. The second-order valence-electron chi connectivity index (χ2n) is 6.72. The number of anilines is 2. The first kappa shape index (κ1) is 20.5. The van der Waals surface area contributed by atoms with Crippen molar-refractivity contribution in [3.63, 3.8) is 0 Å². The van der Waals surface area contributed by atoms with Crippen LogP contribution in [0.2, 0.25) is 0 Å². The molecule has 1 fully saturated rings. The van der Waals surface area contributed by atoms with Gasteiger partial charge in [0.25, 0.3) is 5.91 Å². The molecule has 0 aromatic heterocycles. The van der Waals surface area contributed by atoms with Gasteiger partial charge >= 0.3 is 0 Å². The molecule has 3 aromatic carbocycles. The van der Waals surface area contributed by atoms with Gasteiger partial charge in [-0.25, -0.2) is 0 Å². The first-order chi connectivity index (χ1) is 14.5. The monoisotopic (exact) mass is 482 g/mol. The zero-order valence-electron chi connectivity index (χ0n) is 16.2. The highest BCUT2D eigenvalue weighted by atomic mass is 79.9. The number of carbonyl (C=O) groups excluding carboxylic acids is 2. The Balaban J connectivity index is 1.58. The van der Waals surface area contributed by atoms with E-state index < -0.39 is 0 Å². The van der Waals surface area contributed by atoms with Crippen LogP contribution in [0, 0.1) is 0 Å². The van der Waals surface area contributed by atoms with E-state index in [1.807, 2.05) is 60.7 Å². The predicted octanol–water partition coefficient (Wildman–Crippen LogP) is 5.49. The van der Waals surface area contributed by atoms with E-state index in [-0.39, 0.29) is 17.2 Å². The molecule has 0 radical (unpaired) electrons. The number of thioether (sulfide) groups is 1. The molecule has 3 aromatic rings. The van der Waals surface area contributed by atoms with Gasteiger partial charge in [-0.1, -0.05) is 34.1 Å². The molecular weight excluding hydrogens is 464 g/mol. The third-order valence-electron chi connectivity index (χ3n) is 4.74. The van der Waals surface area contributed by atoms with Crippen molar-refractivity contribution < 1.29 is 14.3 Å². The van der Waals surface area contributed by atoms with Gasteiger partial charge in [-0.05, 0) is 54.1 Å². The van der Waals surface area contributed by atoms with Gasteiger partial charge in [0.05, 0.1) is 12.9 Å². The summed E-state index contributed by atoms with van der Waals surface area (Å²) in [5, 5.41) is 2.77. The van der Waals surface area contributed by atoms with Crippen LogP contribution >= 0.6 is 27.7 Å². The van der Waals surface area contributed by atoms with Crippen molar-refractivity contribution in [3.05, 3.63) is 88.4 Å². The molecule has 30 heavy (non-hydrogen) atoms. The van der Waals surface area contributed by atoms with Crippen LogP contribution in [0.1, 0.15) is 21.3 Å². The standard InChI is InChI=1S/C23H19BrN2O3S/c1-29-20-7-3-6-19(13-20)26-21(27)14-30-23(26)16-4-2-5-18(12-16)25-22(28)15-8-10-17(24)11-9-15/h2-13,23H,14H2,1H3,(H,25,28)/t23-/m0/s1. The molecule has 0 saturated carbocycles. The Hall–Kier alpha value is -2.77.